The van der Waals surface area contributed by atoms with Crippen LogP contribution >= 0.6 is 0 Å². The van der Waals surface area contributed by atoms with Gasteiger partial charge in [0, 0.05) is 25.3 Å². The van der Waals surface area contributed by atoms with Gasteiger partial charge in [-0.05, 0) is 31.2 Å². The first-order valence-electron chi connectivity index (χ1n) is 8.28. The molecule has 2 aliphatic rings. The maximum absolute atomic E-state index is 12.8. The lowest BCUT2D eigenvalue weighted by Gasteiger charge is -2.32. The lowest BCUT2D eigenvalue weighted by Crippen LogP contribution is -2.46. The Bertz CT molecular complexity index is 593. The zero-order chi connectivity index (χ0) is 17.2. The zero-order valence-corrected chi connectivity index (χ0v) is 13.4. The van der Waals surface area contributed by atoms with Crippen LogP contribution in [0.4, 0.5) is 13.2 Å². The molecule has 24 heavy (non-hydrogen) atoms. The molecule has 1 aliphatic carbocycles. The van der Waals surface area contributed by atoms with Crippen molar-refractivity contribution in [3.05, 3.63) is 23.8 Å². The monoisotopic (exact) mass is 342 g/mol. The van der Waals surface area contributed by atoms with Crippen LogP contribution in [0.1, 0.15) is 36.9 Å². The molecular formula is C16H21F3N4O. The third-order valence-corrected chi connectivity index (χ3v) is 4.82. The van der Waals surface area contributed by atoms with E-state index < -0.39 is 12.1 Å². The molecule has 0 saturated heterocycles. The molecule has 0 bridgehead atoms. The topological polar surface area (TPSA) is 58.1 Å². The summed E-state index contributed by atoms with van der Waals surface area (Å²) in [5.41, 5.74) is 2.01. The molecule has 2 atom stereocenters. The molecule has 0 radical (unpaired) electrons. The van der Waals surface area contributed by atoms with Crippen molar-refractivity contribution in [1.82, 2.24) is 20.2 Å². The van der Waals surface area contributed by atoms with E-state index in [1.54, 1.807) is 6.20 Å². The molecule has 2 heterocycles. The molecule has 3 rings (SSSR count). The molecular weight excluding hydrogens is 321 g/mol. The number of rotatable bonds is 3. The lowest BCUT2D eigenvalue weighted by molar-refractivity contribution is -0.184. The van der Waals surface area contributed by atoms with Crippen molar-refractivity contribution in [3.63, 3.8) is 0 Å². The zero-order valence-electron chi connectivity index (χ0n) is 13.4. The number of aromatic nitrogens is 2. The fourth-order valence-electron chi connectivity index (χ4n) is 3.53. The molecule has 132 valence electrons. The minimum Gasteiger partial charge on any atom is -0.352 e. The standard InChI is InChI=1S/C16H21F3N4O/c17-16(18,19)12-2-1-3-13(6-12)22-15(24)9-23-5-4-11-7-20-10-21-14(11)8-23/h7,10,12-13H,1-6,8-9H2,(H,22,24). The van der Waals surface area contributed by atoms with E-state index in [2.05, 4.69) is 15.3 Å². The van der Waals surface area contributed by atoms with Crippen LogP contribution in [0, 0.1) is 5.92 Å². The van der Waals surface area contributed by atoms with E-state index in [-0.39, 0.29) is 31.3 Å². The fourth-order valence-corrected chi connectivity index (χ4v) is 3.53. The number of fused-ring (bicyclic) bond motifs is 1. The number of halogens is 3. The number of hydrogen-bond donors (Lipinski definition) is 1. The average Bonchev–Trinajstić information content (AvgIpc) is 2.54. The number of hydrogen-bond acceptors (Lipinski definition) is 4. The molecule has 1 saturated carbocycles. The highest BCUT2D eigenvalue weighted by atomic mass is 19.4. The molecule has 1 aromatic rings. The van der Waals surface area contributed by atoms with Gasteiger partial charge in [0.15, 0.2) is 0 Å². The first kappa shape index (κ1) is 17.1. The van der Waals surface area contributed by atoms with E-state index in [9.17, 15) is 18.0 Å². The van der Waals surface area contributed by atoms with Crippen LogP contribution in [0.5, 0.6) is 0 Å². The Morgan fingerprint density at radius 1 is 1.38 bits per heavy atom. The van der Waals surface area contributed by atoms with Crippen LogP contribution in [0.15, 0.2) is 12.5 Å². The van der Waals surface area contributed by atoms with Crippen LogP contribution in [0.3, 0.4) is 0 Å². The highest BCUT2D eigenvalue weighted by Crippen LogP contribution is 2.37. The average molecular weight is 342 g/mol. The fraction of sp³-hybridized carbons (Fsp3) is 0.688. The molecule has 1 fully saturated rings. The second-order valence-electron chi connectivity index (χ2n) is 6.62. The Balaban J connectivity index is 1.49. The van der Waals surface area contributed by atoms with Gasteiger partial charge >= 0.3 is 6.18 Å². The van der Waals surface area contributed by atoms with Crippen LogP contribution in [-0.2, 0) is 17.8 Å². The van der Waals surface area contributed by atoms with Gasteiger partial charge in [-0.3, -0.25) is 9.69 Å². The van der Waals surface area contributed by atoms with E-state index >= 15 is 0 Å². The van der Waals surface area contributed by atoms with Gasteiger partial charge in [0.25, 0.3) is 0 Å². The van der Waals surface area contributed by atoms with E-state index in [1.165, 1.54) is 6.33 Å². The van der Waals surface area contributed by atoms with Gasteiger partial charge in [0.1, 0.15) is 6.33 Å². The maximum atomic E-state index is 12.8. The van der Waals surface area contributed by atoms with Gasteiger partial charge in [-0.15, -0.1) is 0 Å². The van der Waals surface area contributed by atoms with E-state index in [0.29, 0.717) is 19.4 Å². The largest absolute Gasteiger partial charge is 0.391 e. The quantitative estimate of drug-likeness (QED) is 0.914. The summed E-state index contributed by atoms with van der Waals surface area (Å²) in [7, 11) is 0. The molecule has 0 aromatic carbocycles. The highest BCUT2D eigenvalue weighted by Gasteiger charge is 2.42. The predicted octanol–water partition coefficient (Wildman–Crippen LogP) is 2.07. The summed E-state index contributed by atoms with van der Waals surface area (Å²) in [5, 5.41) is 2.78. The minimum absolute atomic E-state index is 0.00863. The summed E-state index contributed by atoms with van der Waals surface area (Å²) in [5.74, 6) is -1.50. The third-order valence-electron chi connectivity index (χ3n) is 4.82. The first-order valence-corrected chi connectivity index (χ1v) is 8.28. The highest BCUT2D eigenvalue weighted by molar-refractivity contribution is 5.78. The molecule has 0 spiro atoms. The van der Waals surface area contributed by atoms with Gasteiger partial charge in [-0.2, -0.15) is 13.2 Å². The van der Waals surface area contributed by atoms with Crippen LogP contribution in [0.25, 0.3) is 0 Å². The minimum atomic E-state index is -4.17. The van der Waals surface area contributed by atoms with Crippen LogP contribution in [-0.4, -0.2) is 46.1 Å². The second-order valence-corrected chi connectivity index (χ2v) is 6.62. The van der Waals surface area contributed by atoms with E-state index in [0.717, 1.165) is 24.2 Å². The van der Waals surface area contributed by atoms with Gasteiger partial charge in [-0.1, -0.05) is 6.42 Å². The smallest absolute Gasteiger partial charge is 0.352 e. The molecule has 1 amide bonds. The normalized spacial score (nSPS) is 25.1. The number of carbonyl (C=O) groups excluding carboxylic acids is 1. The Kier molecular flexibility index (Phi) is 5.03. The van der Waals surface area contributed by atoms with Crippen molar-refractivity contribution in [2.45, 2.75) is 50.9 Å². The van der Waals surface area contributed by atoms with Crippen molar-refractivity contribution in [1.29, 1.82) is 0 Å². The summed E-state index contributed by atoms with van der Waals surface area (Å²) in [6.07, 6.45) is 1.17. The first-order chi connectivity index (χ1) is 11.4. The molecule has 1 N–H and O–H groups in total. The van der Waals surface area contributed by atoms with Crippen LogP contribution in [0.2, 0.25) is 0 Å². The van der Waals surface area contributed by atoms with Gasteiger partial charge in [0.2, 0.25) is 5.91 Å². The van der Waals surface area contributed by atoms with Gasteiger partial charge < -0.3 is 5.32 Å². The van der Waals surface area contributed by atoms with Crippen LogP contribution < -0.4 is 5.32 Å². The van der Waals surface area contributed by atoms with E-state index in [4.69, 9.17) is 0 Å². The third kappa shape index (κ3) is 4.23. The summed E-state index contributed by atoms with van der Waals surface area (Å²) >= 11 is 0. The Morgan fingerprint density at radius 3 is 3.00 bits per heavy atom. The van der Waals surface area contributed by atoms with Crippen molar-refractivity contribution in [2.75, 3.05) is 13.1 Å². The molecule has 8 heteroatoms. The van der Waals surface area contributed by atoms with Crippen molar-refractivity contribution in [2.24, 2.45) is 5.92 Å². The van der Waals surface area contributed by atoms with Gasteiger partial charge in [0.05, 0.1) is 18.2 Å². The number of nitrogens with zero attached hydrogens (tertiary/aromatic N) is 3. The Hall–Kier alpha value is -1.70. The Morgan fingerprint density at radius 2 is 2.21 bits per heavy atom. The molecule has 1 aliphatic heterocycles. The predicted molar refractivity (Wildman–Crippen MR) is 81.0 cm³/mol. The molecule has 5 nitrogen and oxygen atoms in total. The summed E-state index contributed by atoms with van der Waals surface area (Å²) in [6, 6.07) is -0.378. The number of amides is 1. The molecule has 2 unspecified atom stereocenters. The summed E-state index contributed by atoms with van der Waals surface area (Å²) < 4.78 is 38.5. The SMILES string of the molecule is O=C(CN1CCc2cncnc2C1)NC1CCCC(C(F)(F)F)C1. The summed E-state index contributed by atoms with van der Waals surface area (Å²) in [4.78, 5) is 22.4. The van der Waals surface area contributed by atoms with Crippen molar-refractivity contribution < 1.29 is 18.0 Å². The van der Waals surface area contributed by atoms with Crippen molar-refractivity contribution in [3.8, 4) is 0 Å². The van der Waals surface area contributed by atoms with Gasteiger partial charge in [-0.25, -0.2) is 9.97 Å². The number of carbonyl (C=O) groups is 1. The maximum Gasteiger partial charge on any atom is 0.391 e. The number of alkyl halides is 3. The lowest BCUT2D eigenvalue weighted by atomic mass is 9.85. The Labute approximate surface area is 138 Å². The second kappa shape index (κ2) is 7.04. The molecule has 1 aromatic heterocycles. The number of nitrogens with one attached hydrogen (secondary N) is 1. The van der Waals surface area contributed by atoms with E-state index in [1.807, 2.05) is 4.90 Å². The summed E-state index contributed by atoms with van der Waals surface area (Å²) in [6.45, 7) is 1.49. The van der Waals surface area contributed by atoms with Crippen molar-refractivity contribution >= 4 is 5.91 Å².